The molecule has 1 rings (SSSR count). The van der Waals surface area contributed by atoms with Gasteiger partial charge in [0.25, 0.3) is 0 Å². The van der Waals surface area contributed by atoms with E-state index in [0.29, 0.717) is 12.6 Å². The maximum absolute atomic E-state index is 5.81. The minimum atomic E-state index is -0.128. The molecule has 0 saturated carbocycles. The zero-order valence-corrected chi connectivity index (χ0v) is 10.1. The van der Waals surface area contributed by atoms with Crippen LogP contribution in [0.4, 0.5) is 0 Å². The monoisotopic (exact) mass is 215 g/mol. The van der Waals surface area contributed by atoms with Crippen LogP contribution < -0.4 is 5.73 Å². The topological polar surface area (TPSA) is 44.5 Å². The third-order valence-corrected chi connectivity index (χ3v) is 3.32. The number of rotatable bonds is 7. The second kappa shape index (κ2) is 6.46. The van der Waals surface area contributed by atoms with E-state index in [-0.39, 0.29) is 5.60 Å². The predicted molar refractivity (Wildman–Crippen MR) is 61.9 cm³/mol. The van der Waals surface area contributed by atoms with Gasteiger partial charge in [-0.1, -0.05) is 6.92 Å². The van der Waals surface area contributed by atoms with Crippen LogP contribution in [0.5, 0.6) is 0 Å². The third kappa shape index (κ3) is 4.49. The summed E-state index contributed by atoms with van der Waals surface area (Å²) in [5, 5.41) is 0. The van der Waals surface area contributed by atoms with Crippen molar-refractivity contribution < 1.29 is 9.47 Å². The van der Waals surface area contributed by atoms with Gasteiger partial charge >= 0.3 is 0 Å². The zero-order chi connectivity index (χ0) is 11.1. The van der Waals surface area contributed by atoms with E-state index in [9.17, 15) is 0 Å². The average Bonchev–Trinajstić information content (AvgIpc) is 2.77. The van der Waals surface area contributed by atoms with Gasteiger partial charge in [0.15, 0.2) is 0 Å². The third-order valence-electron chi connectivity index (χ3n) is 3.32. The molecule has 0 bridgehead atoms. The van der Waals surface area contributed by atoms with Crippen molar-refractivity contribution >= 4 is 0 Å². The molecule has 1 saturated heterocycles. The van der Waals surface area contributed by atoms with Crippen molar-refractivity contribution in [1.82, 2.24) is 0 Å². The first-order valence-electron chi connectivity index (χ1n) is 6.16. The first-order chi connectivity index (χ1) is 7.20. The smallest absolute Gasteiger partial charge is 0.0773 e. The maximum Gasteiger partial charge on any atom is 0.0773 e. The van der Waals surface area contributed by atoms with Crippen molar-refractivity contribution in [1.29, 1.82) is 0 Å². The van der Waals surface area contributed by atoms with E-state index in [1.807, 2.05) is 0 Å². The molecule has 1 fully saturated rings. The van der Waals surface area contributed by atoms with Crippen molar-refractivity contribution in [2.24, 2.45) is 5.73 Å². The van der Waals surface area contributed by atoms with Crippen molar-refractivity contribution in [3.63, 3.8) is 0 Å². The van der Waals surface area contributed by atoms with Crippen LogP contribution in [0.15, 0.2) is 0 Å². The molecule has 0 aliphatic carbocycles. The average molecular weight is 215 g/mol. The van der Waals surface area contributed by atoms with Gasteiger partial charge in [0.2, 0.25) is 0 Å². The highest BCUT2D eigenvalue weighted by atomic mass is 16.5. The molecule has 0 aromatic rings. The van der Waals surface area contributed by atoms with Crippen molar-refractivity contribution in [3.8, 4) is 0 Å². The fourth-order valence-corrected chi connectivity index (χ4v) is 1.81. The van der Waals surface area contributed by atoms with Crippen LogP contribution >= 0.6 is 0 Å². The molecule has 90 valence electrons. The number of ether oxygens (including phenoxy) is 2. The number of hydrogen-bond donors (Lipinski definition) is 1. The predicted octanol–water partition coefficient (Wildman–Crippen LogP) is 2.09. The van der Waals surface area contributed by atoms with Crippen LogP contribution in [0.1, 0.15) is 46.0 Å². The highest BCUT2D eigenvalue weighted by Gasteiger charge is 2.21. The fraction of sp³-hybridized carbons (Fsp3) is 1.00. The standard InChI is InChI=1S/C12H25NO2/c1-3-12(2,10-13)15-9-5-7-11-6-4-8-14-11/h11H,3-10,13H2,1-2H3. The summed E-state index contributed by atoms with van der Waals surface area (Å²) in [6, 6.07) is 0. The lowest BCUT2D eigenvalue weighted by Crippen LogP contribution is -2.37. The molecule has 3 nitrogen and oxygen atoms in total. The van der Waals surface area contributed by atoms with Gasteiger partial charge < -0.3 is 15.2 Å². The van der Waals surface area contributed by atoms with Gasteiger partial charge in [-0.05, 0) is 39.0 Å². The molecule has 0 radical (unpaired) electrons. The molecule has 2 unspecified atom stereocenters. The van der Waals surface area contributed by atoms with Crippen LogP contribution in [0.25, 0.3) is 0 Å². The minimum absolute atomic E-state index is 0.128. The summed E-state index contributed by atoms with van der Waals surface area (Å²) >= 11 is 0. The molecular weight excluding hydrogens is 190 g/mol. The molecule has 3 heteroatoms. The van der Waals surface area contributed by atoms with Crippen LogP contribution in [-0.4, -0.2) is 31.5 Å². The van der Waals surface area contributed by atoms with Gasteiger partial charge in [-0.25, -0.2) is 0 Å². The largest absolute Gasteiger partial charge is 0.378 e. The maximum atomic E-state index is 5.81. The molecule has 0 amide bonds. The van der Waals surface area contributed by atoms with Crippen molar-refractivity contribution in [3.05, 3.63) is 0 Å². The Kier molecular flexibility index (Phi) is 5.58. The number of hydrogen-bond acceptors (Lipinski definition) is 3. The van der Waals surface area contributed by atoms with Crippen molar-refractivity contribution in [2.45, 2.75) is 57.7 Å². The Balaban J connectivity index is 2.04. The Morgan fingerprint density at radius 1 is 1.53 bits per heavy atom. The minimum Gasteiger partial charge on any atom is -0.378 e. The molecule has 0 aromatic heterocycles. The zero-order valence-electron chi connectivity index (χ0n) is 10.1. The van der Waals surface area contributed by atoms with E-state index in [4.69, 9.17) is 15.2 Å². The molecule has 2 atom stereocenters. The van der Waals surface area contributed by atoms with Crippen LogP contribution in [0.2, 0.25) is 0 Å². The van der Waals surface area contributed by atoms with Gasteiger partial charge in [0.1, 0.15) is 0 Å². The van der Waals surface area contributed by atoms with Gasteiger partial charge in [-0.2, -0.15) is 0 Å². The molecule has 0 aromatic carbocycles. The Morgan fingerprint density at radius 3 is 2.87 bits per heavy atom. The summed E-state index contributed by atoms with van der Waals surface area (Å²) in [5.74, 6) is 0. The Morgan fingerprint density at radius 2 is 2.33 bits per heavy atom. The SMILES string of the molecule is CCC(C)(CN)OCCCC1CCCO1. The second-order valence-electron chi connectivity index (χ2n) is 4.63. The summed E-state index contributed by atoms with van der Waals surface area (Å²) in [7, 11) is 0. The van der Waals surface area contributed by atoms with E-state index in [1.165, 1.54) is 12.8 Å². The van der Waals surface area contributed by atoms with Gasteiger partial charge in [0, 0.05) is 19.8 Å². The van der Waals surface area contributed by atoms with Crippen LogP contribution in [-0.2, 0) is 9.47 Å². The molecule has 1 aliphatic heterocycles. The highest BCUT2D eigenvalue weighted by Crippen LogP contribution is 2.18. The van der Waals surface area contributed by atoms with E-state index in [0.717, 1.165) is 32.5 Å². The van der Waals surface area contributed by atoms with E-state index < -0.39 is 0 Å². The van der Waals surface area contributed by atoms with E-state index >= 15 is 0 Å². The lowest BCUT2D eigenvalue weighted by Gasteiger charge is -2.27. The Bertz CT molecular complexity index is 163. The Hall–Kier alpha value is -0.120. The molecule has 0 spiro atoms. The lowest BCUT2D eigenvalue weighted by molar-refractivity contribution is -0.0325. The van der Waals surface area contributed by atoms with Crippen LogP contribution in [0.3, 0.4) is 0 Å². The van der Waals surface area contributed by atoms with E-state index in [1.54, 1.807) is 0 Å². The molecular formula is C12H25NO2. The highest BCUT2D eigenvalue weighted by molar-refractivity contribution is 4.74. The lowest BCUT2D eigenvalue weighted by atomic mass is 10.0. The van der Waals surface area contributed by atoms with Crippen LogP contribution in [0, 0.1) is 0 Å². The summed E-state index contributed by atoms with van der Waals surface area (Å²) in [4.78, 5) is 0. The molecule has 2 N–H and O–H groups in total. The summed E-state index contributed by atoms with van der Waals surface area (Å²) in [6.07, 6.45) is 6.12. The van der Waals surface area contributed by atoms with E-state index in [2.05, 4.69) is 13.8 Å². The molecule has 15 heavy (non-hydrogen) atoms. The number of nitrogens with two attached hydrogens (primary N) is 1. The quantitative estimate of drug-likeness (QED) is 0.661. The second-order valence-corrected chi connectivity index (χ2v) is 4.63. The summed E-state index contributed by atoms with van der Waals surface area (Å²) in [5.41, 5.74) is 5.54. The molecule has 1 heterocycles. The van der Waals surface area contributed by atoms with Crippen molar-refractivity contribution in [2.75, 3.05) is 19.8 Å². The van der Waals surface area contributed by atoms with Gasteiger partial charge in [-0.3, -0.25) is 0 Å². The fourth-order valence-electron chi connectivity index (χ4n) is 1.81. The molecule has 1 aliphatic rings. The first-order valence-corrected chi connectivity index (χ1v) is 6.16. The van der Waals surface area contributed by atoms with Gasteiger partial charge in [-0.15, -0.1) is 0 Å². The summed E-state index contributed by atoms with van der Waals surface area (Å²) in [6.45, 7) is 6.55. The first kappa shape index (κ1) is 12.9. The normalized spacial score (nSPS) is 25.4. The van der Waals surface area contributed by atoms with Gasteiger partial charge in [0.05, 0.1) is 11.7 Å². The summed E-state index contributed by atoms with van der Waals surface area (Å²) < 4.78 is 11.4. The Labute approximate surface area is 93.3 Å².